The van der Waals surface area contributed by atoms with Crippen molar-refractivity contribution in [1.29, 1.82) is 0 Å². The van der Waals surface area contributed by atoms with Crippen molar-refractivity contribution in [2.24, 2.45) is 5.92 Å². The number of hydrogen-bond donors (Lipinski definition) is 1. The fraction of sp³-hybridized carbons (Fsp3) is 0.263. The summed E-state index contributed by atoms with van der Waals surface area (Å²) in [7, 11) is 0. The Morgan fingerprint density at radius 1 is 1.31 bits per heavy atom. The molecule has 0 amide bonds. The Balaban J connectivity index is 1.67. The van der Waals surface area contributed by atoms with Gasteiger partial charge in [-0.2, -0.15) is 0 Å². The minimum Gasteiger partial charge on any atom is -0.306 e. The highest BCUT2D eigenvalue weighted by Crippen LogP contribution is 2.35. The Hall–Kier alpha value is -2.80. The van der Waals surface area contributed by atoms with E-state index in [1.807, 2.05) is 0 Å². The third kappa shape index (κ3) is 3.06. The largest absolute Gasteiger partial charge is 0.306 e. The van der Waals surface area contributed by atoms with Crippen LogP contribution in [0.5, 0.6) is 0 Å². The van der Waals surface area contributed by atoms with Crippen molar-refractivity contribution in [3.05, 3.63) is 66.6 Å². The molecule has 132 valence electrons. The summed E-state index contributed by atoms with van der Waals surface area (Å²) in [6.45, 7) is 2.24. The molecule has 0 radical (unpaired) electrons. The van der Waals surface area contributed by atoms with Gasteiger partial charge in [0.15, 0.2) is 0 Å². The standard InChI is InChI=1S/C19H17N3O3S/c1-11-2-8-14-15(10-11)26-19-17(14)18(23)20-16(21-19)9-5-12-3-6-13(7-4-12)22(24)25/h3-7,9,11H,2,8,10H2,1H3,(H,20,21,23)/b9-5+/t11-/m1/s1. The molecule has 2 heterocycles. The zero-order valence-corrected chi connectivity index (χ0v) is 15.0. The summed E-state index contributed by atoms with van der Waals surface area (Å²) >= 11 is 1.62. The molecule has 1 N–H and O–H groups in total. The SMILES string of the molecule is C[C@@H]1CCc2c(sc3nc(/C=C/c4ccc([N+](=O)[O-])cc4)[nH]c(=O)c23)C1. The number of H-pyrrole nitrogens is 1. The zero-order chi connectivity index (χ0) is 18.3. The van der Waals surface area contributed by atoms with Gasteiger partial charge in [0, 0.05) is 17.0 Å². The van der Waals surface area contributed by atoms with Crippen LogP contribution in [0.1, 0.15) is 35.2 Å². The number of benzene rings is 1. The van der Waals surface area contributed by atoms with Crippen LogP contribution in [0.3, 0.4) is 0 Å². The molecule has 4 rings (SSSR count). The Morgan fingerprint density at radius 3 is 2.81 bits per heavy atom. The van der Waals surface area contributed by atoms with Gasteiger partial charge in [-0.05, 0) is 54.5 Å². The number of aromatic amines is 1. The average molecular weight is 367 g/mol. The molecule has 1 aromatic carbocycles. The molecule has 7 heteroatoms. The fourth-order valence-corrected chi connectivity index (χ4v) is 4.72. The molecule has 6 nitrogen and oxygen atoms in total. The minimum absolute atomic E-state index is 0.0495. The van der Waals surface area contributed by atoms with Gasteiger partial charge in [0.25, 0.3) is 11.2 Å². The first-order chi connectivity index (χ1) is 12.5. The van der Waals surface area contributed by atoms with Crippen LogP contribution in [0, 0.1) is 16.0 Å². The molecule has 0 fully saturated rings. The second-order valence-electron chi connectivity index (χ2n) is 6.67. The maximum atomic E-state index is 12.5. The first kappa shape index (κ1) is 16.7. The van der Waals surface area contributed by atoms with Gasteiger partial charge >= 0.3 is 0 Å². The van der Waals surface area contributed by atoms with Gasteiger partial charge in [-0.15, -0.1) is 11.3 Å². The molecule has 0 unspecified atom stereocenters. The lowest BCUT2D eigenvalue weighted by Crippen LogP contribution is -2.13. The van der Waals surface area contributed by atoms with Gasteiger partial charge in [0.1, 0.15) is 10.7 Å². The van der Waals surface area contributed by atoms with Gasteiger partial charge in [0.2, 0.25) is 0 Å². The zero-order valence-electron chi connectivity index (χ0n) is 14.2. The number of aromatic nitrogens is 2. The molecule has 1 aliphatic rings. The number of nitrogens with zero attached hydrogens (tertiary/aromatic N) is 2. The fourth-order valence-electron chi connectivity index (χ4n) is 3.33. The molecule has 0 saturated heterocycles. The summed E-state index contributed by atoms with van der Waals surface area (Å²) in [5.41, 5.74) is 1.93. The maximum Gasteiger partial charge on any atom is 0.269 e. The first-order valence-electron chi connectivity index (χ1n) is 8.48. The number of nitro benzene ring substituents is 1. The number of thiophene rings is 1. The smallest absolute Gasteiger partial charge is 0.269 e. The number of nitrogens with one attached hydrogen (secondary N) is 1. The number of fused-ring (bicyclic) bond motifs is 3. The van der Waals surface area contributed by atoms with Crippen molar-refractivity contribution < 1.29 is 4.92 Å². The predicted molar refractivity (Wildman–Crippen MR) is 103 cm³/mol. The third-order valence-electron chi connectivity index (χ3n) is 4.72. The van der Waals surface area contributed by atoms with E-state index in [0.29, 0.717) is 11.7 Å². The topological polar surface area (TPSA) is 88.9 Å². The molecule has 3 aromatic rings. The van der Waals surface area contributed by atoms with Gasteiger partial charge in [-0.3, -0.25) is 14.9 Å². The normalized spacial score (nSPS) is 16.9. The van der Waals surface area contributed by atoms with E-state index in [-0.39, 0.29) is 11.2 Å². The highest BCUT2D eigenvalue weighted by atomic mass is 32.1. The molecule has 0 bridgehead atoms. The average Bonchev–Trinajstić information content (AvgIpc) is 2.98. The highest BCUT2D eigenvalue weighted by molar-refractivity contribution is 7.18. The molecule has 1 aliphatic carbocycles. The Labute approximate surface area is 153 Å². The molecule has 0 saturated carbocycles. The Morgan fingerprint density at radius 2 is 2.08 bits per heavy atom. The summed E-state index contributed by atoms with van der Waals surface area (Å²) in [5.74, 6) is 1.14. The lowest BCUT2D eigenvalue weighted by Gasteiger charge is -2.17. The van der Waals surface area contributed by atoms with Crippen LogP contribution in [0.25, 0.3) is 22.4 Å². The lowest BCUT2D eigenvalue weighted by atomic mass is 9.89. The summed E-state index contributed by atoms with van der Waals surface area (Å²) in [4.78, 5) is 32.3. The Bertz CT molecular complexity index is 1080. The summed E-state index contributed by atoms with van der Waals surface area (Å²) in [6, 6.07) is 6.23. The maximum absolute atomic E-state index is 12.5. The number of rotatable bonds is 3. The molecule has 0 spiro atoms. The van der Waals surface area contributed by atoms with Crippen LogP contribution < -0.4 is 5.56 Å². The van der Waals surface area contributed by atoms with Gasteiger partial charge < -0.3 is 4.98 Å². The van der Waals surface area contributed by atoms with E-state index in [1.54, 1.807) is 35.6 Å². The summed E-state index contributed by atoms with van der Waals surface area (Å²) in [6.07, 6.45) is 6.58. The third-order valence-corrected chi connectivity index (χ3v) is 5.87. The van der Waals surface area contributed by atoms with Crippen LogP contribution in [0.2, 0.25) is 0 Å². The molecule has 0 aliphatic heterocycles. The van der Waals surface area contributed by atoms with Crippen LogP contribution in [-0.2, 0) is 12.8 Å². The van der Waals surface area contributed by atoms with Gasteiger partial charge in [-0.1, -0.05) is 13.0 Å². The summed E-state index contributed by atoms with van der Waals surface area (Å²) in [5, 5.41) is 11.4. The van der Waals surface area contributed by atoms with Gasteiger partial charge in [-0.25, -0.2) is 4.98 Å². The van der Waals surface area contributed by atoms with Crippen LogP contribution in [-0.4, -0.2) is 14.9 Å². The second kappa shape index (κ2) is 6.49. The molecule has 2 aromatic heterocycles. The summed E-state index contributed by atoms with van der Waals surface area (Å²) < 4.78 is 0. The quantitative estimate of drug-likeness (QED) is 0.555. The van der Waals surface area contributed by atoms with E-state index in [4.69, 9.17) is 0 Å². The first-order valence-corrected chi connectivity index (χ1v) is 9.30. The van der Waals surface area contributed by atoms with E-state index < -0.39 is 4.92 Å². The van der Waals surface area contributed by atoms with Crippen molar-refractivity contribution in [1.82, 2.24) is 9.97 Å². The monoisotopic (exact) mass is 367 g/mol. The van der Waals surface area contributed by atoms with Gasteiger partial charge in [0.05, 0.1) is 10.3 Å². The molecule has 26 heavy (non-hydrogen) atoms. The second-order valence-corrected chi connectivity index (χ2v) is 7.75. The minimum atomic E-state index is -0.431. The molecular formula is C19H17N3O3S. The number of nitro groups is 1. The van der Waals surface area contributed by atoms with E-state index >= 15 is 0 Å². The van der Waals surface area contributed by atoms with Crippen LogP contribution >= 0.6 is 11.3 Å². The molecular weight excluding hydrogens is 350 g/mol. The van der Waals surface area contributed by atoms with Crippen LogP contribution in [0.15, 0.2) is 29.1 Å². The molecule has 1 atom stereocenters. The van der Waals surface area contributed by atoms with Crippen molar-refractivity contribution in [2.75, 3.05) is 0 Å². The van der Waals surface area contributed by atoms with E-state index in [1.165, 1.54) is 22.6 Å². The van der Waals surface area contributed by atoms with Crippen LogP contribution in [0.4, 0.5) is 5.69 Å². The van der Waals surface area contributed by atoms with E-state index in [9.17, 15) is 14.9 Å². The van der Waals surface area contributed by atoms with Crippen molar-refractivity contribution in [3.63, 3.8) is 0 Å². The Kier molecular flexibility index (Phi) is 4.16. The number of aryl methyl sites for hydroxylation is 1. The van der Waals surface area contributed by atoms with E-state index in [2.05, 4.69) is 16.9 Å². The van der Waals surface area contributed by atoms with E-state index in [0.717, 1.165) is 35.0 Å². The van der Waals surface area contributed by atoms with Crippen molar-refractivity contribution >= 4 is 39.4 Å². The lowest BCUT2D eigenvalue weighted by molar-refractivity contribution is -0.384. The predicted octanol–water partition coefficient (Wildman–Crippen LogP) is 4.19. The van der Waals surface area contributed by atoms with Crippen molar-refractivity contribution in [2.45, 2.75) is 26.2 Å². The number of hydrogen-bond acceptors (Lipinski definition) is 5. The van der Waals surface area contributed by atoms with Crippen molar-refractivity contribution in [3.8, 4) is 0 Å². The highest BCUT2D eigenvalue weighted by Gasteiger charge is 2.22. The number of non-ortho nitro benzene ring substituents is 1.